The van der Waals surface area contributed by atoms with Crippen LogP contribution in [-0.4, -0.2) is 6.54 Å². The lowest BCUT2D eigenvalue weighted by Crippen LogP contribution is -2.04. The van der Waals surface area contributed by atoms with Gasteiger partial charge in [0.1, 0.15) is 0 Å². The summed E-state index contributed by atoms with van der Waals surface area (Å²) in [7, 11) is 0. The zero-order valence-electron chi connectivity index (χ0n) is 9.59. The lowest BCUT2D eigenvalue weighted by atomic mass is 10.1. The molecule has 2 aromatic rings. The molecular formula is C14H12Cl3N. The van der Waals surface area contributed by atoms with E-state index in [9.17, 15) is 0 Å². The second-order valence-electron chi connectivity index (χ2n) is 3.93. The maximum absolute atomic E-state index is 5.94. The van der Waals surface area contributed by atoms with Crippen LogP contribution in [-0.2, 0) is 6.42 Å². The first kappa shape index (κ1) is 13.5. The van der Waals surface area contributed by atoms with Gasteiger partial charge in [-0.15, -0.1) is 0 Å². The average Bonchev–Trinajstić information content (AvgIpc) is 2.36. The zero-order valence-corrected chi connectivity index (χ0v) is 11.9. The van der Waals surface area contributed by atoms with Crippen molar-refractivity contribution in [3.8, 4) is 0 Å². The van der Waals surface area contributed by atoms with Gasteiger partial charge in [-0.3, -0.25) is 0 Å². The standard InChI is InChI=1S/C14H12Cl3N/c15-11-3-1-10(2-4-11)7-8-18-12-5-6-13(16)14(17)9-12/h1-6,9,18H,7-8H2. The van der Waals surface area contributed by atoms with Crippen LogP contribution >= 0.6 is 34.8 Å². The number of nitrogens with one attached hydrogen (secondary N) is 1. The van der Waals surface area contributed by atoms with Crippen molar-refractivity contribution in [2.45, 2.75) is 6.42 Å². The average molecular weight is 301 g/mol. The summed E-state index contributed by atoms with van der Waals surface area (Å²) in [6.07, 6.45) is 0.928. The Labute approximate surface area is 122 Å². The number of anilines is 1. The number of rotatable bonds is 4. The van der Waals surface area contributed by atoms with Gasteiger partial charge < -0.3 is 5.32 Å². The van der Waals surface area contributed by atoms with Crippen LogP contribution in [0, 0.1) is 0 Å². The summed E-state index contributed by atoms with van der Waals surface area (Å²) in [5, 5.41) is 5.19. The molecule has 0 aromatic heterocycles. The SMILES string of the molecule is Clc1ccc(CCNc2ccc(Cl)c(Cl)c2)cc1. The lowest BCUT2D eigenvalue weighted by Gasteiger charge is -2.07. The van der Waals surface area contributed by atoms with Crippen molar-refractivity contribution in [1.29, 1.82) is 0 Å². The highest BCUT2D eigenvalue weighted by molar-refractivity contribution is 6.42. The van der Waals surface area contributed by atoms with Gasteiger partial charge >= 0.3 is 0 Å². The summed E-state index contributed by atoms with van der Waals surface area (Å²) in [5.41, 5.74) is 2.21. The van der Waals surface area contributed by atoms with E-state index in [4.69, 9.17) is 34.8 Å². The zero-order chi connectivity index (χ0) is 13.0. The normalized spacial score (nSPS) is 10.4. The Morgan fingerprint density at radius 3 is 2.22 bits per heavy atom. The monoisotopic (exact) mass is 299 g/mol. The van der Waals surface area contributed by atoms with Gasteiger partial charge in [0.05, 0.1) is 10.0 Å². The topological polar surface area (TPSA) is 12.0 Å². The van der Waals surface area contributed by atoms with Gasteiger partial charge in [0.2, 0.25) is 0 Å². The molecule has 1 nitrogen and oxygen atoms in total. The van der Waals surface area contributed by atoms with Crippen LogP contribution in [0.5, 0.6) is 0 Å². The second-order valence-corrected chi connectivity index (χ2v) is 5.18. The van der Waals surface area contributed by atoms with Gasteiger partial charge in [0.25, 0.3) is 0 Å². The van der Waals surface area contributed by atoms with E-state index in [1.807, 2.05) is 36.4 Å². The van der Waals surface area contributed by atoms with E-state index in [2.05, 4.69) is 5.32 Å². The third kappa shape index (κ3) is 3.81. The van der Waals surface area contributed by atoms with Crippen LogP contribution in [0.25, 0.3) is 0 Å². The Morgan fingerprint density at radius 1 is 0.833 bits per heavy atom. The molecule has 18 heavy (non-hydrogen) atoms. The molecule has 0 fully saturated rings. The molecule has 2 rings (SSSR count). The summed E-state index contributed by atoms with van der Waals surface area (Å²) in [6, 6.07) is 13.4. The molecular weight excluding hydrogens is 289 g/mol. The Bertz CT molecular complexity index is 523. The van der Waals surface area contributed by atoms with E-state index in [0.29, 0.717) is 10.0 Å². The first-order valence-electron chi connectivity index (χ1n) is 5.58. The summed E-state index contributed by atoms with van der Waals surface area (Å²) < 4.78 is 0. The maximum Gasteiger partial charge on any atom is 0.0612 e. The highest BCUT2D eigenvalue weighted by Gasteiger charge is 1.99. The maximum atomic E-state index is 5.94. The van der Waals surface area contributed by atoms with E-state index >= 15 is 0 Å². The molecule has 0 saturated carbocycles. The largest absolute Gasteiger partial charge is 0.385 e. The van der Waals surface area contributed by atoms with Crippen LogP contribution in [0.3, 0.4) is 0 Å². The van der Waals surface area contributed by atoms with Crippen LogP contribution in [0.15, 0.2) is 42.5 Å². The number of hydrogen-bond acceptors (Lipinski definition) is 1. The fraction of sp³-hybridized carbons (Fsp3) is 0.143. The summed E-state index contributed by atoms with van der Waals surface area (Å²) in [4.78, 5) is 0. The number of benzene rings is 2. The molecule has 0 aliphatic heterocycles. The van der Waals surface area contributed by atoms with E-state index in [0.717, 1.165) is 23.7 Å². The molecule has 0 amide bonds. The van der Waals surface area contributed by atoms with Crippen molar-refractivity contribution in [2.24, 2.45) is 0 Å². The Hall–Kier alpha value is -0.890. The van der Waals surface area contributed by atoms with Crippen LogP contribution in [0.4, 0.5) is 5.69 Å². The first-order valence-corrected chi connectivity index (χ1v) is 6.72. The predicted octanol–water partition coefficient (Wildman–Crippen LogP) is 5.30. The van der Waals surface area contributed by atoms with Crippen molar-refractivity contribution in [3.05, 3.63) is 63.1 Å². The van der Waals surface area contributed by atoms with Crippen molar-refractivity contribution < 1.29 is 0 Å². The van der Waals surface area contributed by atoms with Gasteiger partial charge in [-0.05, 0) is 42.3 Å². The van der Waals surface area contributed by atoms with Gasteiger partial charge in [-0.25, -0.2) is 0 Å². The molecule has 0 unspecified atom stereocenters. The van der Waals surface area contributed by atoms with Crippen LogP contribution < -0.4 is 5.32 Å². The van der Waals surface area contributed by atoms with E-state index in [-0.39, 0.29) is 0 Å². The van der Waals surface area contributed by atoms with Crippen LogP contribution in [0.2, 0.25) is 15.1 Å². The molecule has 0 aliphatic carbocycles. The minimum absolute atomic E-state index is 0.563. The fourth-order valence-electron chi connectivity index (χ4n) is 1.61. The minimum atomic E-state index is 0.563. The van der Waals surface area contributed by atoms with Crippen molar-refractivity contribution in [1.82, 2.24) is 0 Å². The Kier molecular flexibility index (Phi) is 4.76. The van der Waals surface area contributed by atoms with Crippen LogP contribution in [0.1, 0.15) is 5.56 Å². The minimum Gasteiger partial charge on any atom is -0.385 e. The number of hydrogen-bond donors (Lipinski definition) is 1. The second kappa shape index (κ2) is 6.33. The fourth-order valence-corrected chi connectivity index (χ4v) is 2.03. The highest BCUT2D eigenvalue weighted by Crippen LogP contribution is 2.24. The highest BCUT2D eigenvalue weighted by atomic mass is 35.5. The summed E-state index contributed by atoms with van der Waals surface area (Å²) >= 11 is 17.6. The first-order chi connectivity index (χ1) is 8.65. The number of halogens is 3. The summed E-state index contributed by atoms with van der Waals surface area (Å²) in [6.45, 7) is 0.833. The molecule has 0 radical (unpaired) electrons. The van der Waals surface area contributed by atoms with Crippen molar-refractivity contribution in [2.75, 3.05) is 11.9 Å². The molecule has 0 spiro atoms. The van der Waals surface area contributed by atoms with Gasteiger partial charge in [0.15, 0.2) is 0 Å². The van der Waals surface area contributed by atoms with Gasteiger partial charge in [-0.1, -0.05) is 46.9 Å². The smallest absolute Gasteiger partial charge is 0.0612 e. The van der Waals surface area contributed by atoms with Crippen molar-refractivity contribution in [3.63, 3.8) is 0 Å². The van der Waals surface area contributed by atoms with E-state index < -0.39 is 0 Å². The molecule has 2 aromatic carbocycles. The van der Waals surface area contributed by atoms with E-state index in [1.54, 1.807) is 6.07 Å². The third-order valence-electron chi connectivity index (χ3n) is 2.58. The predicted molar refractivity (Wildman–Crippen MR) is 80.1 cm³/mol. The van der Waals surface area contributed by atoms with Gasteiger partial charge in [-0.2, -0.15) is 0 Å². The lowest BCUT2D eigenvalue weighted by molar-refractivity contribution is 1.02. The summed E-state index contributed by atoms with van der Waals surface area (Å²) in [5.74, 6) is 0. The van der Waals surface area contributed by atoms with Crippen molar-refractivity contribution >= 4 is 40.5 Å². The molecule has 94 valence electrons. The van der Waals surface area contributed by atoms with Gasteiger partial charge in [0, 0.05) is 17.3 Å². The molecule has 0 bridgehead atoms. The van der Waals surface area contributed by atoms with E-state index in [1.165, 1.54) is 5.56 Å². The Morgan fingerprint density at radius 2 is 1.56 bits per heavy atom. The molecule has 4 heteroatoms. The molecule has 0 heterocycles. The molecule has 0 aliphatic rings. The molecule has 1 N–H and O–H groups in total. The third-order valence-corrected chi connectivity index (χ3v) is 3.57. The Balaban J connectivity index is 1.88. The quantitative estimate of drug-likeness (QED) is 0.807. The molecule has 0 atom stereocenters. The molecule has 0 saturated heterocycles.